The van der Waals surface area contributed by atoms with Gasteiger partial charge in [0.05, 0.1) is 26.9 Å². The predicted octanol–water partition coefficient (Wildman–Crippen LogP) is 3.55. The van der Waals surface area contributed by atoms with Crippen LogP contribution >= 0.6 is 11.3 Å². The maximum absolute atomic E-state index is 13.5. The second-order valence-corrected chi connectivity index (χ2v) is 8.82. The van der Waals surface area contributed by atoms with Crippen molar-refractivity contribution >= 4 is 43.6 Å². The number of anilines is 1. The van der Waals surface area contributed by atoms with E-state index in [0.29, 0.717) is 12.1 Å². The van der Waals surface area contributed by atoms with Gasteiger partial charge in [-0.05, 0) is 38.5 Å². The molecule has 0 N–H and O–H groups in total. The molecule has 1 amide bonds. The van der Waals surface area contributed by atoms with E-state index >= 15 is 0 Å². The van der Waals surface area contributed by atoms with Gasteiger partial charge < -0.3 is 9.80 Å². The lowest BCUT2D eigenvalue weighted by atomic mass is 10.1. The van der Waals surface area contributed by atoms with Crippen LogP contribution in [-0.4, -0.2) is 56.7 Å². The highest BCUT2D eigenvalue weighted by atomic mass is 32.1. The summed E-state index contributed by atoms with van der Waals surface area (Å²) in [6.07, 6.45) is 0.918. The Labute approximate surface area is 178 Å². The van der Waals surface area contributed by atoms with Crippen molar-refractivity contribution in [2.75, 3.05) is 31.1 Å². The molecule has 4 heterocycles. The van der Waals surface area contributed by atoms with Gasteiger partial charge in [0, 0.05) is 38.9 Å². The summed E-state index contributed by atoms with van der Waals surface area (Å²) in [5.74, 6) is 0.0627. The summed E-state index contributed by atoms with van der Waals surface area (Å²) in [6.45, 7) is 6.97. The number of fused-ring (bicyclic) bond motifs is 2. The number of amides is 1. The van der Waals surface area contributed by atoms with Crippen LogP contribution in [0, 0.1) is 13.8 Å². The lowest BCUT2D eigenvalue weighted by Gasteiger charge is -2.22. The molecule has 0 radical (unpaired) electrons. The van der Waals surface area contributed by atoms with Crippen LogP contribution in [0.3, 0.4) is 0 Å². The summed E-state index contributed by atoms with van der Waals surface area (Å²) < 4.78 is 2.96. The number of thiazole rings is 1. The number of hydrogen-bond acceptors (Lipinski definition) is 6. The number of para-hydroxylation sites is 1. The number of pyridine rings is 1. The second-order valence-electron chi connectivity index (χ2n) is 7.82. The minimum atomic E-state index is 0.0627. The van der Waals surface area contributed by atoms with Crippen LogP contribution in [0.5, 0.6) is 0 Å². The first kappa shape index (κ1) is 19.0. The van der Waals surface area contributed by atoms with Crippen molar-refractivity contribution in [3.8, 4) is 0 Å². The van der Waals surface area contributed by atoms with Gasteiger partial charge in [-0.15, -0.1) is 0 Å². The lowest BCUT2D eigenvalue weighted by molar-refractivity contribution is 0.0768. The van der Waals surface area contributed by atoms with E-state index in [0.717, 1.165) is 59.1 Å². The van der Waals surface area contributed by atoms with E-state index in [-0.39, 0.29) is 5.91 Å². The van der Waals surface area contributed by atoms with Gasteiger partial charge in [-0.3, -0.25) is 9.48 Å². The smallest absolute Gasteiger partial charge is 0.254 e. The SMILES string of the molecule is Cc1cc(C(=O)N2CCCN(c3nc4ccccc4s3)CC2)c2c(C)nn(C)c2n1. The summed E-state index contributed by atoms with van der Waals surface area (Å²) in [7, 11) is 1.87. The number of benzene rings is 1. The van der Waals surface area contributed by atoms with Crippen molar-refractivity contribution in [2.24, 2.45) is 7.05 Å². The third kappa shape index (κ3) is 3.21. The molecule has 154 valence electrons. The van der Waals surface area contributed by atoms with Gasteiger partial charge in [0.15, 0.2) is 10.8 Å². The molecular formula is C22H24N6OS. The molecule has 3 aromatic heterocycles. The number of carbonyl (C=O) groups excluding carboxylic acids is 1. The number of carbonyl (C=O) groups is 1. The number of hydrogen-bond donors (Lipinski definition) is 0. The van der Waals surface area contributed by atoms with Gasteiger partial charge in [0.2, 0.25) is 0 Å². The van der Waals surface area contributed by atoms with E-state index in [1.54, 1.807) is 16.0 Å². The normalized spacial score (nSPS) is 15.2. The van der Waals surface area contributed by atoms with E-state index in [4.69, 9.17) is 4.98 Å². The Morgan fingerprint density at radius 2 is 1.90 bits per heavy atom. The van der Waals surface area contributed by atoms with Gasteiger partial charge in [0.1, 0.15) is 0 Å². The summed E-state index contributed by atoms with van der Waals surface area (Å²) in [4.78, 5) is 27.2. The van der Waals surface area contributed by atoms with Crippen molar-refractivity contribution in [1.82, 2.24) is 24.6 Å². The highest BCUT2D eigenvalue weighted by Gasteiger charge is 2.25. The monoisotopic (exact) mass is 420 g/mol. The molecule has 0 spiro atoms. The van der Waals surface area contributed by atoms with Crippen LogP contribution in [0.25, 0.3) is 21.3 Å². The molecule has 0 aliphatic carbocycles. The van der Waals surface area contributed by atoms with Crippen molar-refractivity contribution in [3.05, 3.63) is 47.3 Å². The van der Waals surface area contributed by atoms with Crippen LogP contribution in [0.2, 0.25) is 0 Å². The van der Waals surface area contributed by atoms with E-state index in [1.165, 1.54) is 4.70 Å². The molecule has 1 aliphatic heterocycles. The minimum absolute atomic E-state index is 0.0627. The molecule has 0 saturated carbocycles. The largest absolute Gasteiger partial charge is 0.346 e. The highest BCUT2D eigenvalue weighted by Crippen LogP contribution is 2.29. The molecule has 1 saturated heterocycles. The standard InChI is InChI=1S/C22H24N6OS/c1-14-13-16(19-15(2)25-26(3)20(19)23-14)21(29)27-9-6-10-28(12-11-27)22-24-17-7-4-5-8-18(17)30-22/h4-5,7-8,13H,6,9-12H2,1-3H3. The Bertz CT molecular complexity index is 1230. The number of aromatic nitrogens is 4. The number of nitrogens with zero attached hydrogens (tertiary/aromatic N) is 6. The molecule has 0 bridgehead atoms. The third-order valence-electron chi connectivity index (χ3n) is 5.66. The second kappa shape index (κ2) is 7.36. The van der Waals surface area contributed by atoms with E-state index in [9.17, 15) is 4.79 Å². The molecular weight excluding hydrogens is 396 g/mol. The molecule has 8 heteroatoms. The fourth-order valence-electron chi connectivity index (χ4n) is 4.22. The average Bonchev–Trinajstić information content (AvgIpc) is 3.17. The van der Waals surface area contributed by atoms with Crippen molar-refractivity contribution in [2.45, 2.75) is 20.3 Å². The first-order chi connectivity index (χ1) is 14.5. The third-order valence-corrected chi connectivity index (χ3v) is 6.76. The van der Waals surface area contributed by atoms with Gasteiger partial charge in [-0.1, -0.05) is 23.5 Å². The Balaban J connectivity index is 1.41. The molecule has 0 unspecified atom stereocenters. The van der Waals surface area contributed by atoms with E-state index in [1.807, 2.05) is 44.0 Å². The molecule has 4 aromatic rings. The van der Waals surface area contributed by atoms with Gasteiger partial charge in [-0.2, -0.15) is 5.10 Å². The van der Waals surface area contributed by atoms with Crippen molar-refractivity contribution in [3.63, 3.8) is 0 Å². The maximum atomic E-state index is 13.5. The topological polar surface area (TPSA) is 67.2 Å². The minimum Gasteiger partial charge on any atom is -0.346 e. The Hall–Kier alpha value is -3.00. The molecule has 1 aliphatic rings. The molecule has 7 nitrogen and oxygen atoms in total. The van der Waals surface area contributed by atoms with Crippen molar-refractivity contribution in [1.29, 1.82) is 0 Å². The van der Waals surface area contributed by atoms with Crippen LogP contribution < -0.4 is 4.90 Å². The molecule has 5 rings (SSSR count). The summed E-state index contributed by atoms with van der Waals surface area (Å²) in [5.41, 5.74) is 4.18. The van der Waals surface area contributed by atoms with Crippen molar-refractivity contribution < 1.29 is 4.79 Å². The molecule has 1 aromatic carbocycles. The lowest BCUT2D eigenvalue weighted by Crippen LogP contribution is -2.35. The van der Waals surface area contributed by atoms with Gasteiger partial charge in [-0.25, -0.2) is 9.97 Å². The number of rotatable bonds is 2. The van der Waals surface area contributed by atoms with Crippen LogP contribution in [0.4, 0.5) is 5.13 Å². The van der Waals surface area contributed by atoms with Crippen LogP contribution in [-0.2, 0) is 7.05 Å². The quantitative estimate of drug-likeness (QED) is 0.496. The van der Waals surface area contributed by atoms with E-state index in [2.05, 4.69) is 27.1 Å². The zero-order valence-corrected chi connectivity index (χ0v) is 18.2. The molecule has 1 fully saturated rings. The number of aryl methyl sites for hydroxylation is 3. The van der Waals surface area contributed by atoms with Gasteiger partial charge >= 0.3 is 0 Å². The summed E-state index contributed by atoms with van der Waals surface area (Å²) in [6, 6.07) is 10.1. The fraction of sp³-hybridized carbons (Fsp3) is 0.364. The molecule has 0 atom stereocenters. The first-order valence-electron chi connectivity index (χ1n) is 10.2. The maximum Gasteiger partial charge on any atom is 0.254 e. The van der Waals surface area contributed by atoms with Gasteiger partial charge in [0.25, 0.3) is 5.91 Å². The highest BCUT2D eigenvalue weighted by molar-refractivity contribution is 7.22. The predicted molar refractivity (Wildman–Crippen MR) is 120 cm³/mol. The Morgan fingerprint density at radius 1 is 1.07 bits per heavy atom. The average molecular weight is 421 g/mol. The Kier molecular flexibility index (Phi) is 4.66. The zero-order chi connectivity index (χ0) is 20.8. The van der Waals surface area contributed by atoms with E-state index < -0.39 is 0 Å². The fourth-order valence-corrected chi connectivity index (χ4v) is 5.23. The van der Waals surface area contributed by atoms with Crippen LogP contribution in [0.15, 0.2) is 30.3 Å². The summed E-state index contributed by atoms with van der Waals surface area (Å²) >= 11 is 1.72. The Morgan fingerprint density at radius 3 is 2.73 bits per heavy atom. The first-order valence-corrected chi connectivity index (χ1v) is 11.0. The zero-order valence-electron chi connectivity index (χ0n) is 17.4. The molecule has 30 heavy (non-hydrogen) atoms. The van der Waals surface area contributed by atoms with Crippen LogP contribution in [0.1, 0.15) is 28.2 Å². The summed E-state index contributed by atoms with van der Waals surface area (Å²) in [5, 5.41) is 6.38.